The van der Waals surface area contributed by atoms with Gasteiger partial charge >= 0.3 is 0 Å². The Hall–Kier alpha value is -1.07. The molecule has 0 radical (unpaired) electrons. The van der Waals surface area contributed by atoms with Crippen molar-refractivity contribution in [2.45, 2.75) is 25.6 Å². The number of aliphatic hydroxyl groups is 2. The Kier molecular flexibility index (Phi) is 4.58. The molecule has 0 aliphatic carbocycles. The summed E-state index contributed by atoms with van der Waals surface area (Å²) >= 11 is 1.46. The zero-order valence-electron chi connectivity index (χ0n) is 8.37. The van der Waals surface area contributed by atoms with E-state index in [4.69, 9.17) is 5.53 Å². The number of hydrogen-bond acceptors (Lipinski definition) is 4. The molecule has 2 unspecified atom stereocenters. The molecule has 0 bridgehead atoms. The molecule has 82 valence electrons. The predicted octanol–water partition coefficient (Wildman–Crippen LogP) is 2.02. The quantitative estimate of drug-likeness (QED) is 0.457. The molecule has 6 heteroatoms. The van der Waals surface area contributed by atoms with Crippen LogP contribution in [0.1, 0.15) is 22.8 Å². The summed E-state index contributed by atoms with van der Waals surface area (Å²) < 4.78 is 0. The Labute approximate surface area is 91.6 Å². The lowest BCUT2D eigenvalue weighted by Gasteiger charge is -2.13. The lowest BCUT2D eigenvalue weighted by molar-refractivity contribution is 0.0266. The van der Waals surface area contributed by atoms with Crippen molar-refractivity contribution < 1.29 is 10.2 Å². The maximum Gasteiger partial charge on any atom is 0.114 e. The van der Waals surface area contributed by atoms with Crippen LogP contribution in [0.25, 0.3) is 10.4 Å². The van der Waals surface area contributed by atoms with Crippen molar-refractivity contribution in [1.82, 2.24) is 0 Å². The highest BCUT2D eigenvalue weighted by Gasteiger charge is 2.19. The van der Waals surface area contributed by atoms with E-state index >= 15 is 0 Å². The van der Waals surface area contributed by atoms with Crippen LogP contribution in [-0.2, 0) is 6.42 Å². The molecule has 0 aliphatic rings. The van der Waals surface area contributed by atoms with E-state index in [2.05, 4.69) is 10.0 Å². The van der Waals surface area contributed by atoms with Gasteiger partial charge in [0.2, 0.25) is 0 Å². The smallest absolute Gasteiger partial charge is 0.114 e. The van der Waals surface area contributed by atoms with Gasteiger partial charge in [0.05, 0.1) is 12.6 Å². The number of rotatable bonds is 5. The fourth-order valence-corrected chi connectivity index (χ4v) is 2.15. The van der Waals surface area contributed by atoms with E-state index < -0.39 is 12.2 Å². The van der Waals surface area contributed by atoms with Crippen molar-refractivity contribution in [3.05, 3.63) is 32.3 Å². The Morgan fingerprint density at radius 1 is 1.53 bits per heavy atom. The first kappa shape index (κ1) is 12.0. The highest BCUT2D eigenvalue weighted by molar-refractivity contribution is 7.12. The zero-order chi connectivity index (χ0) is 11.3. The van der Waals surface area contributed by atoms with Crippen molar-refractivity contribution in [2.75, 3.05) is 6.54 Å². The first-order chi connectivity index (χ1) is 7.19. The standard InChI is InChI=1S/C9H13N3O2S/c1-2-6-3-4-8(15-6)9(14)7(13)5-11-12-10/h3-4,7,9,13-14H,2,5H2,1H3. The number of aliphatic hydroxyl groups excluding tert-OH is 2. The van der Waals surface area contributed by atoms with E-state index in [9.17, 15) is 10.2 Å². The lowest BCUT2D eigenvalue weighted by atomic mass is 10.2. The van der Waals surface area contributed by atoms with Crippen molar-refractivity contribution in [2.24, 2.45) is 5.11 Å². The Balaban J connectivity index is 2.66. The van der Waals surface area contributed by atoms with Crippen LogP contribution in [0.2, 0.25) is 0 Å². The van der Waals surface area contributed by atoms with Gasteiger partial charge in [0.1, 0.15) is 6.10 Å². The monoisotopic (exact) mass is 227 g/mol. The molecule has 1 heterocycles. The summed E-state index contributed by atoms with van der Waals surface area (Å²) in [7, 11) is 0. The highest BCUT2D eigenvalue weighted by atomic mass is 32.1. The van der Waals surface area contributed by atoms with Crippen molar-refractivity contribution >= 4 is 11.3 Å². The van der Waals surface area contributed by atoms with Gasteiger partial charge in [-0.05, 0) is 24.1 Å². The molecule has 1 rings (SSSR count). The largest absolute Gasteiger partial charge is 0.390 e. The summed E-state index contributed by atoms with van der Waals surface area (Å²) in [6.07, 6.45) is -1.10. The molecule has 2 atom stereocenters. The maximum atomic E-state index is 9.70. The average Bonchev–Trinajstić information content (AvgIpc) is 2.73. The molecule has 0 saturated heterocycles. The second-order valence-corrected chi connectivity index (χ2v) is 4.28. The van der Waals surface area contributed by atoms with Crippen LogP contribution in [0.15, 0.2) is 17.2 Å². The summed E-state index contributed by atoms with van der Waals surface area (Å²) in [5.41, 5.74) is 8.08. The van der Waals surface area contributed by atoms with Gasteiger partial charge in [0.25, 0.3) is 0 Å². The number of aryl methyl sites for hydroxylation is 1. The van der Waals surface area contributed by atoms with Crippen LogP contribution in [0, 0.1) is 0 Å². The predicted molar refractivity (Wildman–Crippen MR) is 58.7 cm³/mol. The molecule has 0 fully saturated rings. The van der Waals surface area contributed by atoms with Gasteiger partial charge in [-0.1, -0.05) is 12.0 Å². The van der Waals surface area contributed by atoms with Gasteiger partial charge in [-0.25, -0.2) is 0 Å². The SMILES string of the molecule is CCc1ccc(C(O)C(O)CN=[N+]=[N-])s1. The summed E-state index contributed by atoms with van der Waals surface area (Å²) in [6, 6.07) is 3.71. The molecule has 0 saturated carbocycles. The number of azide groups is 1. The van der Waals surface area contributed by atoms with E-state index in [-0.39, 0.29) is 6.54 Å². The van der Waals surface area contributed by atoms with Crippen LogP contribution in [-0.4, -0.2) is 22.9 Å². The van der Waals surface area contributed by atoms with E-state index in [1.165, 1.54) is 11.3 Å². The summed E-state index contributed by atoms with van der Waals surface area (Å²) in [5.74, 6) is 0. The average molecular weight is 227 g/mol. The van der Waals surface area contributed by atoms with Crippen LogP contribution in [0.5, 0.6) is 0 Å². The van der Waals surface area contributed by atoms with Crippen molar-refractivity contribution in [3.8, 4) is 0 Å². The third kappa shape index (κ3) is 3.21. The van der Waals surface area contributed by atoms with Gasteiger partial charge in [-0.15, -0.1) is 11.3 Å². The molecule has 0 aliphatic heterocycles. The van der Waals surface area contributed by atoms with Crippen LogP contribution < -0.4 is 0 Å². The second kappa shape index (κ2) is 5.72. The molecule has 1 aromatic rings. The number of thiophene rings is 1. The van der Waals surface area contributed by atoms with E-state index in [1.54, 1.807) is 6.07 Å². The minimum atomic E-state index is -1.04. The molecule has 2 N–H and O–H groups in total. The van der Waals surface area contributed by atoms with Crippen LogP contribution in [0.4, 0.5) is 0 Å². The molecule has 0 aromatic carbocycles. The molecular weight excluding hydrogens is 214 g/mol. The Bertz CT molecular complexity index is 360. The highest BCUT2D eigenvalue weighted by Crippen LogP contribution is 2.26. The first-order valence-electron chi connectivity index (χ1n) is 4.64. The first-order valence-corrected chi connectivity index (χ1v) is 5.46. The number of nitrogens with zero attached hydrogens (tertiary/aromatic N) is 3. The summed E-state index contributed by atoms with van der Waals surface area (Å²) in [4.78, 5) is 4.38. The van der Waals surface area contributed by atoms with Crippen LogP contribution in [0.3, 0.4) is 0 Å². The molecule has 15 heavy (non-hydrogen) atoms. The van der Waals surface area contributed by atoms with E-state index in [0.29, 0.717) is 4.88 Å². The molecule has 5 nitrogen and oxygen atoms in total. The van der Waals surface area contributed by atoms with Gasteiger partial charge in [0.15, 0.2) is 0 Å². The molecule has 0 amide bonds. The van der Waals surface area contributed by atoms with E-state index in [1.807, 2.05) is 13.0 Å². The zero-order valence-corrected chi connectivity index (χ0v) is 9.18. The fraction of sp³-hybridized carbons (Fsp3) is 0.556. The lowest BCUT2D eigenvalue weighted by Crippen LogP contribution is -2.20. The third-order valence-electron chi connectivity index (χ3n) is 2.02. The van der Waals surface area contributed by atoms with Crippen LogP contribution >= 0.6 is 11.3 Å². The van der Waals surface area contributed by atoms with Crippen molar-refractivity contribution in [3.63, 3.8) is 0 Å². The summed E-state index contributed by atoms with van der Waals surface area (Å²) in [6.45, 7) is 1.91. The van der Waals surface area contributed by atoms with Gasteiger partial charge in [-0.2, -0.15) is 0 Å². The molecule has 0 spiro atoms. The molecule has 1 aromatic heterocycles. The summed E-state index contributed by atoms with van der Waals surface area (Å²) in [5, 5.41) is 22.4. The minimum absolute atomic E-state index is 0.114. The van der Waals surface area contributed by atoms with Gasteiger partial charge in [-0.3, -0.25) is 0 Å². The fourth-order valence-electron chi connectivity index (χ4n) is 1.15. The third-order valence-corrected chi connectivity index (χ3v) is 3.32. The van der Waals surface area contributed by atoms with E-state index in [0.717, 1.165) is 11.3 Å². The topological polar surface area (TPSA) is 89.2 Å². The molecular formula is C9H13N3O2S. The number of hydrogen-bond donors (Lipinski definition) is 2. The maximum absolute atomic E-state index is 9.70. The minimum Gasteiger partial charge on any atom is -0.390 e. The second-order valence-electron chi connectivity index (χ2n) is 3.08. The normalized spacial score (nSPS) is 14.3. The van der Waals surface area contributed by atoms with Gasteiger partial charge < -0.3 is 10.2 Å². The van der Waals surface area contributed by atoms with Crippen molar-refractivity contribution in [1.29, 1.82) is 0 Å². The Morgan fingerprint density at radius 2 is 2.27 bits per heavy atom. The Morgan fingerprint density at radius 3 is 2.80 bits per heavy atom. The van der Waals surface area contributed by atoms with Gasteiger partial charge in [0, 0.05) is 14.7 Å².